The van der Waals surface area contributed by atoms with Crippen molar-refractivity contribution in [3.8, 4) is 17.4 Å². The molecule has 4 heterocycles. The van der Waals surface area contributed by atoms with Gasteiger partial charge in [-0.2, -0.15) is 8.78 Å². The number of carbonyl (C=O) groups is 1. The number of nitrogens with one attached hydrogen (secondary N) is 1. The minimum atomic E-state index is -2.76. The number of amides is 1. The van der Waals surface area contributed by atoms with Crippen LogP contribution in [0.15, 0.2) is 36.8 Å². The topological polar surface area (TPSA) is 115 Å². The van der Waals surface area contributed by atoms with E-state index in [0.29, 0.717) is 25.2 Å². The molecule has 1 N–H and O–H groups in total. The fraction of sp³-hybridized carbons (Fsp3) is 0.545. The molecule has 2 aromatic heterocycles. The number of nitrogens with zero attached hydrogens (tertiary/aromatic N) is 6. The molecular formula is C33H40F3N7O4. The summed E-state index contributed by atoms with van der Waals surface area (Å²) in [4.78, 5) is 26.0. The van der Waals surface area contributed by atoms with E-state index in [1.54, 1.807) is 11.1 Å². The first-order chi connectivity index (χ1) is 22.7. The van der Waals surface area contributed by atoms with Crippen molar-refractivity contribution in [2.24, 2.45) is 5.41 Å². The van der Waals surface area contributed by atoms with Crippen molar-refractivity contribution >= 4 is 11.7 Å². The van der Waals surface area contributed by atoms with Crippen LogP contribution in [0.4, 0.5) is 19.0 Å². The van der Waals surface area contributed by atoms with Gasteiger partial charge in [0.25, 0.3) is 11.8 Å². The number of hydrogen-bond acceptors (Lipinski definition) is 10. The van der Waals surface area contributed by atoms with Gasteiger partial charge in [-0.05, 0) is 70.7 Å². The lowest BCUT2D eigenvalue weighted by Gasteiger charge is -2.58. The lowest BCUT2D eigenvalue weighted by atomic mass is 9.61. The van der Waals surface area contributed by atoms with Gasteiger partial charge in [-0.3, -0.25) is 9.78 Å². The van der Waals surface area contributed by atoms with Gasteiger partial charge in [0.1, 0.15) is 29.7 Å². The summed E-state index contributed by atoms with van der Waals surface area (Å²) >= 11 is 0. The molecule has 1 saturated carbocycles. The number of carbonyl (C=O) groups excluding carboxylic acids is 1. The number of alkyl halides is 2. The van der Waals surface area contributed by atoms with Crippen LogP contribution in [0, 0.1) is 11.2 Å². The molecule has 47 heavy (non-hydrogen) atoms. The van der Waals surface area contributed by atoms with Crippen molar-refractivity contribution in [1.29, 1.82) is 0 Å². The second-order valence-corrected chi connectivity index (χ2v) is 12.7. The summed E-state index contributed by atoms with van der Waals surface area (Å²) in [6, 6.07) is 5.63. The summed E-state index contributed by atoms with van der Waals surface area (Å²) in [5.41, 5.74) is 2.15. The number of rotatable bonds is 13. The van der Waals surface area contributed by atoms with Crippen LogP contribution < -0.4 is 19.7 Å². The normalized spacial score (nSPS) is 18.6. The highest BCUT2D eigenvalue weighted by atomic mass is 19.3. The Kier molecular flexibility index (Phi) is 9.78. The van der Waals surface area contributed by atoms with E-state index in [0.717, 1.165) is 55.9 Å². The van der Waals surface area contributed by atoms with Crippen LogP contribution in [0.2, 0.25) is 0 Å². The van der Waals surface area contributed by atoms with Gasteiger partial charge in [0.2, 0.25) is 0 Å². The van der Waals surface area contributed by atoms with Crippen LogP contribution in [0.5, 0.6) is 17.4 Å². The zero-order valence-corrected chi connectivity index (χ0v) is 26.8. The molecule has 252 valence electrons. The van der Waals surface area contributed by atoms with E-state index < -0.39 is 12.4 Å². The van der Waals surface area contributed by atoms with E-state index in [-0.39, 0.29) is 53.3 Å². The quantitative estimate of drug-likeness (QED) is 0.243. The van der Waals surface area contributed by atoms with E-state index >= 15 is 0 Å². The second-order valence-electron chi connectivity index (χ2n) is 12.7. The van der Waals surface area contributed by atoms with Gasteiger partial charge in [-0.1, -0.05) is 0 Å². The lowest BCUT2D eigenvalue weighted by molar-refractivity contribution is -0.129. The van der Waals surface area contributed by atoms with Crippen LogP contribution in [0.3, 0.4) is 0 Å². The summed E-state index contributed by atoms with van der Waals surface area (Å²) < 4.78 is 56.1. The summed E-state index contributed by atoms with van der Waals surface area (Å²) in [6.07, 6.45) is 6.78. The van der Waals surface area contributed by atoms with Crippen molar-refractivity contribution in [2.45, 2.75) is 77.7 Å². The Hall–Kier alpha value is -4.04. The molecule has 1 aromatic carbocycles. The predicted molar refractivity (Wildman–Crippen MR) is 166 cm³/mol. The molecule has 2 aliphatic heterocycles. The number of halogens is 3. The molecule has 1 unspecified atom stereocenters. The van der Waals surface area contributed by atoms with E-state index in [1.165, 1.54) is 24.5 Å². The number of fused-ring (bicyclic) bond motifs is 1. The first-order valence-corrected chi connectivity index (χ1v) is 16.1. The minimum Gasteiger partial charge on any atom is -0.490 e. The van der Waals surface area contributed by atoms with Gasteiger partial charge in [-0.15, -0.1) is 10.2 Å². The Balaban J connectivity index is 1.09. The third-order valence-electron chi connectivity index (χ3n) is 9.16. The monoisotopic (exact) mass is 655 g/mol. The maximum Gasteiger partial charge on any atom is 0.345 e. The van der Waals surface area contributed by atoms with Gasteiger partial charge in [0, 0.05) is 61.9 Å². The lowest BCUT2D eigenvalue weighted by Crippen LogP contribution is -2.65. The standard InChI is InChI=1S/C33H40F3N7O4/c1-4-43(20(2)3)31(44)23-14-21(34)7-8-26(23)47-30-29(39-19-40-41-30)42-17-33(18-42)15-22(16-33)46-27-10-12-38-25-9-11-37-24(28(25)27)6-5-13-45-32(35)36/h7-8,10,12,14,19-20,22,24,32,37H,4-6,9,11,13,15-18H2,1-3H3. The number of pyridine rings is 1. The maximum atomic E-state index is 14.3. The van der Waals surface area contributed by atoms with Crippen LogP contribution in [-0.2, 0) is 11.2 Å². The molecule has 1 aliphatic carbocycles. The van der Waals surface area contributed by atoms with Crippen molar-refractivity contribution in [3.63, 3.8) is 0 Å². The van der Waals surface area contributed by atoms with Crippen LogP contribution in [-0.4, -0.2) is 82.5 Å². The van der Waals surface area contributed by atoms with Gasteiger partial charge < -0.3 is 29.3 Å². The fourth-order valence-corrected chi connectivity index (χ4v) is 6.99. The first kappa shape index (κ1) is 32.9. The molecule has 14 heteroatoms. The van der Waals surface area contributed by atoms with Crippen LogP contribution >= 0.6 is 0 Å². The Morgan fingerprint density at radius 2 is 1.98 bits per heavy atom. The molecule has 1 atom stereocenters. The molecule has 1 saturated heterocycles. The van der Waals surface area contributed by atoms with Gasteiger partial charge in [0.05, 0.1) is 17.9 Å². The number of aromatic nitrogens is 4. The van der Waals surface area contributed by atoms with Gasteiger partial charge in [0.15, 0.2) is 5.82 Å². The van der Waals surface area contributed by atoms with Crippen LogP contribution in [0.1, 0.15) is 74.1 Å². The number of ether oxygens (including phenoxy) is 3. The Morgan fingerprint density at radius 1 is 1.17 bits per heavy atom. The molecule has 2 fully saturated rings. The van der Waals surface area contributed by atoms with Crippen molar-refractivity contribution < 1.29 is 32.2 Å². The van der Waals surface area contributed by atoms with Gasteiger partial charge >= 0.3 is 6.61 Å². The molecule has 11 nitrogen and oxygen atoms in total. The average molecular weight is 656 g/mol. The maximum absolute atomic E-state index is 14.3. The van der Waals surface area contributed by atoms with E-state index in [2.05, 4.69) is 35.1 Å². The van der Waals surface area contributed by atoms with Gasteiger partial charge in [-0.25, -0.2) is 9.37 Å². The zero-order chi connectivity index (χ0) is 33.1. The average Bonchev–Trinajstić information content (AvgIpc) is 3.01. The molecule has 0 bridgehead atoms. The first-order valence-electron chi connectivity index (χ1n) is 16.1. The van der Waals surface area contributed by atoms with Crippen molar-refractivity contribution in [2.75, 3.05) is 37.7 Å². The third kappa shape index (κ3) is 7.13. The second kappa shape index (κ2) is 14.0. The molecular weight excluding hydrogens is 615 g/mol. The molecule has 3 aliphatic rings. The summed E-state index contributed by atoms with van der Waals surface area (Å²) in [5, 5.41) is 11.6. The Morgan fingerprint density at radius 3 is 2.72 bits per heavy atom. The van der Waals surface area contributed by atoms with E-state index in [9.17, 15) is 18.0 Å². The molecule has 3 aromatic rings. The highest BCUT2D eigenvalue weighted by molar-refractivity contribution is 5.97. The third-order valence-corrected chi connectivity index (χ3v) is 9.16. The van der Waals surface area contributed by atoms with Crippen LogP contribution in [0.25, 0.3) is 0 Å². The SMILES string of the molecule is CCN(C(=O)c1cc(F)ccc1Oc1nncnc1N1CC2(CC(Oc3ccnc4c3C(CCCOC(F)F)NCC4)C2)C1)C(C)C. The number of anilines is 1. The summed E-state index contributed by atoms with van der Waals surface area (Å²) in [6.45, 7) is 5.58. The summed E-state index contributed by atoms with van der Waals surface area (Å²) in [7, 11) is 0. The Labute approximate surface area is 271 Å². The molecule has 0 radical (unpaired) electrons. The predicted octanol–water partition coefficient (Wildman–Crippen LogP) is 5.32. The largest absolute Gasteiger partial charge is 0.490 e. The number of hydrogen-bond donors (Lipinski definition) is 1. The minimum absolute atomic E-state index is 0.00331. The summed E-state index contributed by atoms with van der Waals surface area (Å²) in [5.74, 6) is 0.740. The molecule has 6 rings (SSSR count). The molecule has 1 amide bonds. The van der Waals surface area contributed by atoms with Crippen molar-refractivity contribution in [3.05, 3.63) is 59.4 Å². The smallest absolute Gasteiger partial charge is 0.345 e. The highest BCUT2D eigenvalue weighted by Gasteiger charge is 2.54. The zero-order valence-electron chi connectivity index (χ0n) is 26.8. The Bertz CT molecular complexity index is 1560. The van der Waals surface area contributed by atoms with Crippen molar-refractivity contribution in [1.82, 2.24) is 30.4 Å². The number of benzene rings is 1. The highest BCUT2D eigenvalue weighted by Crippen LogP contribution is 2.52. The van der Waals surface area contributed by atoms with E-state index in [1.807, 2.05) is 26.8 Å². The fourth-order valence-electron chi connectivity index (χ4n) is 6.99. The van der Waals surface area contributed by atoms with E-state index in [4.69, 9.17) is 9.47 Å². The molecule has 1 spiro atoms.